The van der Waals surface area contributed by atoms with E-state index in [4.69, 9.17) is 11.5 Å². The van der Waals surface area contributed by atoms with E-state index in [9.17, 15) is 13.2 Å². The van der Waals surface area contributed by atoms with Gasteiger partial charge >= 0.3 is 0 Å². The quantitative estimate of drug-likeness (QED) is 0.482. The molecule has 18 heavy (non-hydrogen) atoms. The number of aryl methyl sites for hydroxylation is 1. The lowest BCUT2D eigenvalue weighted by atomic mass is 10.2. The fourth-order valence-electron chi connectivity index (χ4n) is 1.11. The molecule has 0 aliphatic rings. The van der Waals surface area contributed by atoms with Gasteiger partial charge in [0.15, 0.2) is 0 Å². The molecule has 1 aromatic rings. The van der Waals surface area contributed by atoms with Crippen LogP contribution in [0.3, 0.4) is 0 Å². The summed E-state index contributed by atoms with van der Waals surface area (Å²) in [5.74, 6) is -1.08. The molecule has 98 valence electrons. The molecule has 0 atom stereocenters. The molecule has 1 rings (SSSR count). The Balaban J connectivity index is 2.85. The third kappa shape index (κ3) is 4.06. The summed E-state index contributed by atoms with van der Waals surface area (Å²) in [6, 6.07) is 6.20. The number of nitrogens with zero attached hydrogens (tertiary/aromatic N) is 1. The van der Waals surface area contributed by atoms with Gasteiger partial charge in [-0.1, -0.05) is 17.7 Å². The lowest BCUT2D eigenvalue weighted by Crippen LogP contribution is -2.37. The Labute approximate surface area is 105 Å². The molecular weight excluding hydrogens is 256 g/mol. The first-order chi connectivity index (χ1) is 8.31. The van der Waals surface area contributed by atoms with Crippen molar-refractivity contribution >= 4 is 21.9 Å². The zero-order valence-corrected chi connectivity index (χ0v) is 10.6. The van der Waals surface area contributed by atoms with E-state index in [2.05, 4.69) is 4.99 Å². The fraction of sp³-hybridized carbons (Fsp3) is 0.200. The molecule has 5 N–H and O–H groups in total. The second-order valence-electron chi connectivity index (χ2n) is 3.59. The van der Waals surface area contributed by atoms with E-state index in [0.29, 0.717) is 0 Å². The minimum Gasteiger partial charge on any atom is -0.369 e. The second kappa shape index (κ2) is 5.50. The van der Waals surface area contributed by atoms with Crippen LogP contribution in [0.25, 0.3) is 0 Å². The third-order valence-corrected chi connectivity index (χ3v) is 3.35. The normalized spacial score (nSPS) is 12.2. The summed E-state index contributed by atoms with van der Waals surface area (Å²) in [5.41, 5.74) is 11.1. The summed E-state index contributed by atoms with van der Waals surface area (Å²) >= 11 is 0. The number of aliphatic imine (C=N–C) groups is 1. The van der Waals surface area contributed by atoms with Crippen LogP contribution in [-0.4, -0.2) is 26.8 Å². The number of nitrogens with one attached hydrogen (secondary N) is 1. The maximum absolute atomic E-state index is 11.8. The lowest BCUT2D eigenvalue weighted by Gasteiger charge is -2.07. The van der Waals surface area contributed by atoms with Crippen LogP contribution in [0.4, 0.5) is 0 Å². The number of sulfonamides is 1. The van der Waals surface area contributed by atoms with Gasteiger partial charge in [0.25, 0.3) is 10.0 Å². The van der Waals surface area contributed by atoms with Crippen molar-refractivity contribution in [3.05, 3.63) is 29.8 Å². The van der Waals surface area contributed by atoms with Crippen LogP contribution >= 0.6 is 0 Å². The molecule has 0 saturated heterocycles. The van der Waals surface area contributed by atoms with Gasteiger partial charge in [-0.2, -0.15) is 0 Å². The van der Waals surface area contributed by atoms with Gasteiger partial charge in [-0.25, -0.2) is 18.1 Å². The number of hydrogen-bond acceptors (Lipinski definition) is 4. The van der Waals surface area contributed by atoms with Crippen LogP contribution in [-0.2, 0) is 14.8 Å². The monoisotopic (exact) mass is 270 g/mol. The molecule has 0 aliphatic heterocycles. The van der Waals surface area contributed by atoms with Crippen molar-refractivity contribution in [3.8, 4) is 0 Å². The predicted molar refractivity (Wildman–Crippen MR) is 67.2 cm³/mol. The molecule has 0 bridgehead atoms. The fourth-order valence-corrected chi connectivity index (χ4v) is 2.06. The topological polar surface area (TPSA) is 128 Å². The molecule has 0 saturated carbocycles. The highest BCUT2D eigenvalue weighted by Crippen LogP contribution is 2.09. The molecule has 0 radical (unpaired) electrons. The van der Waals surface area contributed by atoms with E-state index < -0.39 is 15.9 Å². The molecule has 7 nitrogen and oxygen atoms in total. The van der Waals surface area contributed by atoms with Crippen LogP contribution < -0.4 is 16.2 Å². The largest absolute Gasteiger partial charge is 0.369 e. The molecule has 1 amide bonds. The Hall–Kier alpha value is -2.09. The van der Waals surface area contributed by atoms with Crippen molar-refractivity contribution in [2.24, 2.45) is 16.5 Å². The SMILES string of the molecule is Cc1ccc(S(=O)(=O)NC(N)=NCC(N)=O)cc1. The van der Waals surface area contributed by atoms with Gasteiger partial charge in [-0.05, 0) is 19.1 Å². The maximum Gasteiger partial charge on any atom is 0.264 e. The Morgan fingerprint density at radius 2 is 1.83 bits per heavy atom. The van der Waals surface area contributed by atoms with Crippen molar-refractivity contribution < 1.29 is 13.2 Å². The van der Waals surface area contributed by atoms with Gasteiger partial charge in [0.2, 0.25) is 11.9 Å². The average molecular weight is 270 g/mol. The van der Waals surface area contributed by atoms with Gasteiger partial charge in [-0.15, -0.1) is 0 Å². The zero-order valence-electron chi connectivity index (χ0n) is 9.75. The first kappa shape index (κ1) is 14.0. The standard InChI is InChI=1S/C10H14N4O3S/c1-7-2-4-8(5-3-7)18(16,17)14-10(12)13-6-9(11)15/h2-5H,6H2,1H3,(H2,11,15)(H3,12,13,14). The number of primary amides is 1. The van der Waals surface area contributed by atoms with Crippen LogP contribution in [0.1, 0.15) is 5.56 Å². The van der Waals surface area contributed by atoms with E-state index in [-0.39, 0.29) is 17.4 Å². The molecule has 8 heteroatoms. The molecule has 0 aliphatic carbocycles. The van der Waals surface area contributed by atoms with E-state index in [1.54, 1.807) is 12.1 Å². The van der Waals surface area contributed by atoms with E-state index in [1.165, 1.54) is 12.1 Å². The Morgan fingerprint density at radius 1 is 1.28 bits per heavy atom. The number of amides is 1. The highest BCUT2D eigenvalue weighted by atomic mass is 32.2. The zero-order chi connectivity index (χ0) is 13.8. The van der Waals surface area contributed by atoms with E-state index in [0.717, 1.165) is 5.56 Å². The number of rotatable bonds is 4. The maximum atomic E-state index is 11.8. The van der Waals surface area contributed by atoms with Gasteiger partial charge in [0, 0.05) is 0 Å². The molecule has 1 aromatic carbocycles. The van der Waals surface area contributed by atoms with Crippen molar-refractivity contribution in [1.29, 1.82) is 0 Å². The van der Waals surface area contributed by atoms with Crippen molar-refractivity contribution in [3.63, 3.8) is 0 Å². The number of carbonyl (C=O) groups excluding carboxylic acids is 1. The predicted octanol–water partition coefficient (Wildman–Crippen LogP) is -0.927. The van der Waals surface area contributed by atoms with Crippen LogP contribution in [0, 0.1) is 6.92 Å². The van der Waals surface area contributed by atoms with Gasteiger partial charge in [0.05, 0.1) is 4.90 Å². The Morgan fingerprint density at radius 3 is 2.33 bits per heavy atom. The van der Waals surface area contributed by atoms with Gasteiger partial charge in [-0.3, -0.25) is 4.79 Å². The summed E-state index contributed by atoms with van der Waals surface area (Å²) in [4.78, 5) is 14.0. The molecule has 0 aromatic heterocycles. The van der Waals surface area contributed by atoms with Crippen LogP contribution in [0.15, 0.2) is 34.2 Å². The van der Waals surface area contributed by atoms with E-state index >= 15 is 0 Å². The van der Waals surface area contributed by atoms with Gasteiger partial charge < -0.3 is 11.5 Å². The second-order valence-corrected chi connectivity index (χ2v) is 5.27. The van der Waals surface area contributed by atoms with Crippen molar-refractivity contribution in [2.45, 2.75) is 11.8 Å². The summed E-state index contributed by atoms with van der Waals surface area (Å²) in [5, 5.41) is 0. The Bertz CT molecular complexity index is 563. The summed E-state index contributed by atoms with van der Waals surface area (Å²) in [6.45, 7) is 1.47. The molecular formula is C10H14N4O3S. The minimum absolute atomic E-state index is 0.0605. The summed E-state index contributed by atoms with van der Waals surface area (Å²) in [6.07, 6.45) is 0. The highest BCUT2D eigenvalue weighted by molar-refractivity contribution is 7.90. The third-order valence-electron chi connectivity index (χ3n) is 1.98. The number of nitrogens with two attached hydrogens (primary N) is 2. The van der Waals surface area contributed by atoms with Gasteiger partial charge in [0.1, 0.15) is 6.54 Å². The first-order valence-electron chi connectivity index (χ1n) is 4.99. The molecule has 0 spiro atoms. The number of carbonyl (C=O) groups is 1. The number of hydrogen-bond donors (Lipinski definition) is 3. The van der Waals surface area contributed by atoms with Crippen LogP contribution in [0.5, 0.6) is 0 Å². The van der Waals surface area contributed by atoms with Crippen molar-refractivity contribution in [1.82, 2.24) is 4.72 Å². The summed E-state index contributed by atoms with van der Waals surface area (Å²) < 4.78 is 25.7. The van der Waals surface area contributed by atoms with Crippen molar-refractivity contribution in [2.75, 3.05) is 6.54 Å². The first-order valence-corrected chi connectivity index (χ1v) is 6.47. The molecule has 0 heterocycles. The number of benzene rings is 1. The Kier molecular flexibility index (Phi) is 4.27. The lowest BCUT2D eigenvalue weighted by molar-refractivity contribution is -0.116. The molecule has 0 fully saturated rings. The number of guanidine groups is 1. The van der Waals surface area contributed by atoms with E-state index in [1.807, 2.05) is 11.6 Å². The average Bonchev–Trinajstić information content (AvgIpc) is 2.26. The smallest absolute Gasteiger partial charge is 0.264 e. The van der Waals surface area contributed by atoms with Crippen LogP contribution in [0.2, 0.25) is 0 Å². The molecule has 0 unspecified atom stereocenters. The highest BCUT2D eigenvalue weighted by Gasteiger charge is 2.14. The minimum atomic E-state index is -3.78. The summed E-state index contributed by atoms with van der Waals surface area (Å²) in [7, 11) is -3.78.